The number of nitrogens with zero attached hydrogens (tertiary/aromatic N) is 1. The molecule has 1 aliphatic carbocycles. The molecule has 1 saturated heterocycles. The lowest BCUT2D eigenvalue weighted by Crippen LogP contribution is -2.61. The largest absolute Gasteiger partial charge is 0.394 e. The number of amides is 1. The van der Waals surface area contributed by atoms with Gasteiger partial charge in [0.05, 0.1) is 23.7 Å². The second kappa shape index (κ2) is 9.14. The van der Waals surface area contributed by atoms with Gasteiger partial charge in [0.25, 0.3) is 5.91 Å². The van der Waals surface area contributed by atoms with Crippen molar-refractivity contribution in [2.45, 2.75) is 50.0 Å². The van der Waals surface area contributed by atoms with Crippen molar-refractivity contribution < 1.29 is 19.0 Å². The minimum Gasteiger partial charge on any atom is -0.394 e. The molecule has 2 aliphatic rings. The molecular weight excluding hydrogens is 452 g/mol. The molecule has 1 unspecified atom stereocenters. The lowest BCUT2D eigenvalue weighted by Gasteiger charge is -2.51. The van der Waals surface area contributed by atoms with Gasteiger partial charge in [-0.15, -0.1) is 6.58 Å². The van der Waals surface area contributed by atoms with Crippen molar-refractivity contribution >= 4 is 29.1 Å². The van der Waals surface area contributed by atoms with E-state index < -0.39 is 29.6 Å². The third kappa shape index (κ3) is 4.32. The van der Waals surface area contributed by atoms with Crippen molar-refractivity contribution in [3.05, 3.63) is 82.1 Å². The number of halogens is 3. The van der Waals surface area contributed by atoms with E-state index in [0.29, 0.717) is 17.0 Å². The van der Waals surface area contributed by atoms with E-state index in [1.165, 1.54) is 12.1 Å². The van der Waals surface area contributed by atoms with E-state index in [-0.39, 0.29) is 23.5 Å². The highest BCUT2D eigenvalue weighted by Gasteiger charge is 2.54. The van der Waals surface area contributed by atoms with Crippen molar-refractivity contribution in [3.63, 3.8) is 0 Å². The quantitative estimate of drug-likeness (QED) is 0.506. The predicted octanol–water partition coefficient (Wildman–Crippen LogP) is 5.88. The highest BCUT2D eigenvalue weighted by Crippen LogP contribution is 2.50. The molecule has 1 N–H and O–H groups in total. The summed E-state index contributed by atoms with van der Waals surface area (Å²) in [6, 6.07) is 10.7. The summed E-state index contributed by atoms with van der Waals surface area (Å²) in [5, 5.41) is 10.8. The van der Waals surface area contributed by atoms with Gasteiger partial charge in [-0.2, -0.15) is 0 Å². The molecule has 7 heteroatoms. The van der Waals surface area contributed by atoms with Crippen LogP contribution in [0.15, 0.2) is 55.1 Å². The molecule has 2 aromatic rings. The number of aliphatic hydroxyl groups is 1. The Balaban J connectivity index is 1.91. The number of ether oxygens (including phenoxy) is 1. The molecule has 0 aromatic heterocycles. The monoisotopic (exact) mass is 477 g/mol. The van der Waals surface area contributed by atoms with Gasteiger partial charge < -0.3 is 14.7 Å². The molecule has 0 radical (unpaired) electrons. The third-order valence-electron chi connectivity index (χ3n) is 6.37. The molecule has 32 heavy (non-hydrogen) atoms. The van der Waals surface area contributed by atoms with Gasteiger partial charge in [0, 0.05) is 11.4 Å². The van der Waals surface area contributed by atoms with Crippen molar-refractivity contribution in [1.29, 1.82) is 0 Å². The second-order valence-electron chi connectivity index (χ2n) is 8.74. The molecule has 1 saturated carbocycles. The maximum absolute atomic E-state index is 14.5. The lowest BCUT2D eigenvalue weighted by molar-refractivity contribution is -0.204. The minimum absolute atomic E-state index is 0.0000525. The molecule has 1 heterocycles. The van der Waals surface area contributed by atoms with Crippen molar-refractivity contribution in [3.8, 4) is 0 Å². The van der Waals surface area contributed by atoms with Crippen molar-refractivity contribution in [1.82, 2.24) is 4.90 Å². The number of hydrogen-bond acceptors (Lipinski definition) is 3. The van der Waals surface area contributed by atoms with E-state index in [4.69, 9.17) is 27.9 Å². The first kappa shape index (κ1) is 23.2. The van der Waals surface area contributed by atoms with Gasteiger partial charge in [0.1, 0.15) is 17.5 Å². The van der Waals surface area contributed by atoms with E-state index >= 15 is 0 Å². The van der Waals surface area contributed by atoms with Crippen LogP contribution in [-0.4, -0.2) is 34.2 Å². The van der Waals surface area contributed by atoms with Crippen LogP contribution >= 0.6 is 23.2 Å². The highest BCUT2D eigenvalue weighted by molar-refractivity contribution is 6.31. The lowest BCUT2D eigenvalue weighted by atomic mass is 9.85. The number of carbonyl (C=O) groups is 1. The molecule has 2 fully saturated rings. The topological polar surface area (TPSA) is 49.8 Å². The minimum atomic E-state index is -1.18. The summed E-state index contributed by atoms with van der Waals surface area (Å²) >= 11 is 12.2. The summed E-state index contributed by atoms with van der Waals surface area (Å²) in [5.41, 5.74) is 0.126. The first-order valence-corrected chi connectivity index (χ1v) is 11.5. The van der Waals surface area contributed by atoms with Crippen LogP contribution in [0.25, 0.3) is 0 Å². The van der Waals surface area contributed by atoms with Crippen LogP contribution in [0, 0.1) is 11.7 Å². The molecule has 4 atom stereocenters. The Kier molecular flexibility index (Phi) is 6.64. The van der Waals surface area contributed by atoms with E-state index in [9.17, 15) is 14.3 Å². The third-order valence-corrected chi connectivity index (χ3v) is 6.91. The molecule has 0 bridgehead atoms. The number of hydrogen-bond donors (Lipinski definition) is 1. The van der Waals surface area contributed by atoms with Crippen LogP contribution in [0.3, 0.4) is 0 Å². The number of morpholine rings is 1. The van der Waals surface area contributed by atoms with Gasteiger partial charge in [0.2, 0.25) is 0 Å². The Morgan fingerprint density at radius 2 is 2.03 bits per heavy atom. The molecule has 2 aromatic carbocycles. The molecule has 4 rings (SSSR count). The number of benzene rings is 2. The van der Waals surface area contributed by atoms with Crippen LogP contribution in [0.2, 0.25) is 10.0 Å². The van der Waals surface area contributed by atoms with Crippen LogP contribution in [0.1, 0.15) is 49.5 Å². The standard InChI is InChI=1S/C25H26Cl2FNO3/c1-3-11-25(2)24(31)29(21(14-30)15-7-8-15)22(16-9-10-19(27)20(28)13-16)23(32-25)17-5-4-6-18(26)12-17/h3-6,9-10,12-13,15,21-23,30H,1,7-8,11,14H2,2H3/t21?,22-,23-,25-/m1/s1. The van der Waals surface area contributed by atoms with Crippen LogP contribution in [0.4, 0.5) is 4.39 Å². The molecular formula is C25H26Cl2FNO3. The average Bonchev–Trinajstić information content (AvgIpc) is 3.59. The normalized spacial score (nSPS) is 26.8. The summed E-state index contributed by atoms with van der Waals surface area (Å²) < 4.78 is 21.0. The van der Waals surface area contributed by atoms with E-state index in [1.54, 1.807) is 36.1 Å². The van der Waals surface area contributed by atoms with E-state index in [1.807, 2.05) is 12.1 Å². The van der Waals surface area contributed by atoms with Gasteiger partial charge in [-0.05, 0) is 61.1 Å². The summed E-state index contributed by atoms with van der Waals surface area (Å²) in [7, 11) is 0. The Labute approximate surface area is 197 Å². The Morgan fingerprint density at radius 1 is 1.28 bits per heavy atom. The highest BCUT2D eigenvalue weighted by atomic mass is 35.5. The van der Waals surface area contributed by atoms with Crippen LogP contribution in [-0.2, 0) is 9.53 Å². The van der Waals surface area contributed by atoms with E-state index in [0.717, 1.165) is 18.4 Å². The Bertz CT molecular complexity index is 1030. The Hall–Kier alpha value is -1.92. The van der Waals surface area contributed by atoms with Gasteiger partial charge in [-0.25, -0.2) is 4.39 Å². The van der Waals surface area contributed by atoms with Crippen molar-refractivity contribution in [2.75, 3.05) is 6.61 Å². The summed E-state index contributed by atoms with van der Waals surface area (Å²) in [4.78, 5) is 15.6. The zero-order valence-electron chi connectivity index (χ0n) is 17.8. The maximum Gasteiger partial charge on any atom is 0.255 e. The molecule has 170 valence electrons. The smallest absolute Gasteiger partial charge is 0.255 e. The Morgan fingerprint density at radius 3 is 2.62 bits per heavy atom. The zero-order valence-corrected chi connectivity index (χ0v) is 19.3. The van der Waals surface area contributed by atoms with Crippen LogP contribution in [0.5, 0.6) is 0 Å². The summed E-state index contributed by atoms with van der Waals surface area (Å²) in [6.45, 7) is 5.35. The fourth-order valence-electron chi connectivity index (χ4n) is 4.62. The first-order chi connectivity index (χ1) is 15.3. The molecule has 1 amide bonds. The molecule has 4 nitrogen and oxygen atoms in total. The van der Waals surface area contributed by atoms with E-state index in [2.05, 4.69) is 6.58 Å². The summed E-state index contributed by atoms with van der Waals surface area (Å²) in [6.07, 6.45) is 3.17. The first-order valence-electron chi connectivity index (χ1n) is 10.7. The number of aliphatic hydroxyl groups excluding tert-OH is 1. The average molecular weight is 478 g/mol. The van der Waals surface area contributed by atoms with Gasteiger partial charge >= 0.3 is 0 Å². The second-order valence-corrected chi connectivity index (χ2v) is 9.58. The zero-order chi connectivity index (χ0) is 23.0. The fraction of sp³-hybridized carbons (Fsp3) is 0.400. The SMILES string of the molecule is C=CC[C@@]1(C)O[C@H](c2cccc(Cl)c2)[C@@H](c2ccc(Cl)c(F)c2)N(C(CO)C2CC2)C1=O. The molecule has 0 spiro atoms. The number of carbonyl (C=O) groups excluding carboxylic acids is 1. The maximum atomic E-state index is 14.5. The van der Waals surface area contributed by atoms with Gasteiger partial charge in [-0.1, -0.05) is 47.5 Å². The van der Waals surface area contributed by atoms with Crippen LogP contribution < -0.4 is 0 Å². The fourth-order valence-corrected chi connectivity index (χ4v) is 4.94. The van der Waals surface area contributed by atoms with Crippen molar-refractivity contribution in [2.24, 2.45) is 5.92 Å². The van der Waals surface area contributed by atoms with Gasteiger partial charge in [-0.3, -0.25) is 4.79 Å². The van der Waals surface area contributed by atoms with Gasteiger partial charge in [0.15, 0.2) is 0 Å². The summed E-state index contributed by atoms with van der Waals surface area (Å²) in [5.74, 6) is -0.635. The molecule has 1 aliphatic heterocycles. The number of rotatable bonds is 7. The predicted molar refractivity (Wildman–Crippen MR) is 123 cm³/mol.